The van der Waals surface area contributed by atoms with E-state index in [9.17, 15) is 27.6 Å². The molecule has 0 saturated heterocycles. The molecule has 0 radical (unpaired) electrons. The van der Waals surface area contributed by atoms with Gasteiger partial charge < -0.3 is 4.90 Å². The van der Waals surface area contributed by atoms with Crippen molar-refractivity contribution in [1.29, 1.82) is 0 Å². The molecule has 1 aliphatic rings. The normalized spacial score (nSPS) is 14.7. The van der Waals surface area contributed by atoms with Crippen molar-refractivity contribution in [2.75, 3.05) is 19.0 Å². The summed E-state index contributed by atoms with van der Waals surface area (Å²) in [5.41, 5.74) is 1.53. The maximum absolute atomic E-state index is 13.6. The molecule has 1 aliphatic heterocycles. The van der Waals surface area contributed by atoms with Crippen molar-refractivity contribution in [2.45, 2.75) is 39.8 Å². The van der Waals surface area contributed by atoms with E-state index in [1.807, 2.05) is 19.9 Å². The number of nitrogens with zero attached hydrogens (tertiary/aromatic N) is 3. The molecule has 0 fully saturated rings. The summed E-state index contributed by atoms with van der Waals surface area (Å²) in [6.45, 7) is 5.09. The maximum atomic E-state index is 13.6. The van der Waals surface area contributed by atoms with Crippen LogP contribution in [0.15, 0.2) is 42.1 Å². The standard InChI is InChI=1S/C25H27F3N4O3/c1-14-10-15(2)12-18(11-14)31-20-13-17(25(26,27)28)6-7-19(20)23(24(31)35)16(3)32(29)22(34)9-8-21(33)30(4)5/h6-7,10-13H,8-9,29H2,1-5H3/b23-16-. The molecule has 0 aromatic heterocycles. The Morgan fingerprint density at radius 2 is 1.54 bits per heavy atom. The topological polar surface area (TPSA) is 87.0 Å². The largest absolute Gasteiger partial charge is 0.416 e. The number of carbonyl (C=O) groups is 3. The zero-order valence-corrected chi connectivity index (χ0v) is 20.2. The number of fused-ring (bicyclic) bond motifs is 1. The number of carbonyl (C=O) groups excluding carboxylic acids is 3. The van der Waals surface area contributed by atoms with Crippen molar-refractivity contribution in [1.82, 2.24) is 9.91 Å². The minimum absolute atomic E-state index is 0.0164. The van der Waals surface area contributed by atoms with Gasteiger partial charge in [0.2, 0.25) is 11.8 Å². The molecular formula is C25H27F3N4O3. The molecule has 0 bridgehead atoms. The number of aryl methyl sites for hydroxylation is 2. The molecule has 10 heteroatoms. The zero-order valence-electron chi connectivity index (χ0n) is 20.2. The molecule has 3 amide bonds. The highest BCUT2D eigenvalue weighted by Crippen LogP contribution is 2.45. The number of nitrogens with two attached hydrogens (primary N) is 1. The number of hydrogen-bond donors (Lipinski definition) is 1. The van der Waals surface area contributed by atoms with Gasteiger partial charge in [-0.05, 0) is 56.2 Å². The first-order valence-electron chi connectivity index (χ1n) is 10.9. The number of allylic oxidation sites excluding steroid dienone is 1. The van der Waals surface area contributed by atoms with Crippen LogP contribution in [-0.4, -0.2) is 41.7 Å². The Morgan fingerprint density at radius 1 is 0.971 bits per heavy atom. The van der Waals surface area contributed by atoms with Gasteiger partial charge in [0.15, 0.2) is 0 Å². The van der Waals surface area contributed by atoms with E-state index < -0.39 is 23.6 Å². The molecule has 35 heavy (non-hydrogen) atoms. The van der Waals surface area contributed by atoms with Gasteiger partial charge in [-0.15, -0.1) is 0 Å². The highest BCUT2D eigenvalue weighted by atomic mass is 19.4. The van der Waals surface area contributed by atoms with E-state index in [4.69, 9.17) is 5.84 Å². The minimum Gasteiger partial charge on any atom is -0.349 e. The summed E-state index contributed by atoms with van der Waals surface area (Å²) >= 11 is 0. The SMILES string of the molecule is C/C(=C1/C(=O)N(c2cc(C)cc(C)c2)c2cc(C(F)(F)F)ccc21)N(N)C(=O)CCC(=O)N(C)C. The van der Waals surface area contributed by atoms with Gasteiger partial charge in [-0.3, -0.25) is 24.3 Å². The molecular weight excluding hydrogens is 461 g/mol. The highest BCUT2D eigenvalue weighted by molar-refractivity contribution is 6.35. The van der Waals surface area contributed by atoms with Crippen LogP contribution in [0.25, 0.3) is 5.57 Å². The molecule has 7 nitrogen and oxygen atoms in total. The van der Waals surface area contributed by atoms with Gasteiger partial charge in [0.05, 0.1) is 16.8 Å². The molecule has 2 N–H and O–H groups in total. The Hall–Kier alpha value is -3.66. The number of hydrogen-bond acceptors (Lipinski definition) is 4. The quantitative estimate of drug-likeness (QED) is 0.294. The van der Waals surface area contributed by atoms with Gasteiger partial charge in [-0.1, -0.05) is 12.1 Å². The summed E-state index contributed by atoms with van der Waals surface area (Å²) in [5.74, 6) is 4.54. The summed E-state index contributed by atoms with van der Waals surface area (Å²) in [7, 11) is 3.12. The lowest BCUT2D eigenvalue weighted by molar-refractivity contribution is -0.137. The lowest BCUT2D eigenvalue weighted by atomic mass is 10.0. The predicted octanol–water partition coefficient (Wildman–Crippen LogP) is 4.30. The van der Waals surface area contributed by atoms with Crippen molar-refractivity contribution in [3.8, 4) is 0 Å². The van der Waals surface area contributed by atoms with Crippen molar-refractivity contribution < 1.29 is 27.6 Å². The van der Waals surface area contributed by atoms with Crippen molar-refractivity contribution >= 4 is 34.7 Å². The molecule has 3 rings (SSSR count). The third-order valence-corrected chi connectivity index (χ3v) is 5.76. The van der Waals surface area contributed by atoms with E-state index in [2.05, 4.69) is 0 Å². The Morgan fingerprint density at radius 3 is 2.09 bits per heavy atom. The first kappa shape index (κ1) is 26.0. The minimum atomic E-state index is -4.61. The number of amides is 3. The van der Waals surface area contributed by atoms with Crippen LogP contribution < -0.4 is 10.7 Å². The molecule has 2 aromatic carbocycles. The van der Waals surface area contributed by atoms with Gasteiger partial charge >= 0.3 is 6.18 Å². The van der Waals surface area contributed by atoms with Crippen LogP contribution in [-0.2, 0) is 20.6 Å². The van der Waals surface area contributed by atoms with E-state index >= 15 is 0 Å². The first-order valence-corrected chi connectivity index (χ1v) is 10.9. The molecule has 0 unspecified atom stereocenters. The molecule has 0 atom stereocenters. The highest BCUT2D eigenvalue weighted by Gasteiger charge is 2.39. The van der Waals surface area contributed by atoms with Crippen LogP contribution >= 0.6 is 0 Å². The van der Waals surface area contributed by atoms with E-state index in [1.165, 1.54) is 22.8 Å². The molecule has 0 aliphatic carbocycles. The molecule has 2 aromatic rings. The van der Waals surface area contributed by atoms with Gasteiger partial charge in [0.25, 0.3) is 5.91 Å². The van der Waals surface area contributed by atoms with Crippen LogP contribution in [0, 0.1) is 13.8 Å². The molecule has 1 heterocycles. The van der Waals surface area contributed by atoms with Crippen molar-refractivity contribution in [2.24, 2.45) is 5.84 Å². The fourth-order valence-electron chi connectivity index (χ4n) is 3.99. The third kappa shape index (κ3) is 5.22. The first-order chi connectivity index (χ1) is 16.2. The molecule has 0 spiro atoms. The van der Waals surface area contributed by atoms with E-state index in [0.29, 0.717) is 5.69 Å². The van der Waals surface area contributed by atoms with E-state index in [1.54, 1.807) is 26.2 Å². The second-order valence-electron chi connectivity index (χ2n) is 8.73. The Bertz CT molecular complexity index is 1210. The summed E-state index contributed by atoms with van der Waals surface area (Å²) in [6.07, 6.45) is -4.87. The fourth-order valence-corrected chi connectivity index (χ4v) is 3.99. The van der Waals surface area contributed by atoms with Crippen LogP contribution in [0.5, 0.6) is 0 Å². The third-order valence-electron chi connectivity index (χ3n) is 5.76. The lowest BCUT2D eigenvalue weighted by Gasteiger charge is -2.21. The van der Waals surface area contributed by atoms with E-state index in [0.717, 1.165) is 28.3 Å². The van der Waals surface area contributed by atoms with Crippen LogP contribution in [0.3, 0.4) is 0 Å². The predicted molar refractivity (Wildman–Crippen MR) is 126 cm³/mol. The average molecular weight is 489 g/mol. The second kappa shape index (κ2) is 9.53. The number of hydrazine groups is 1. The molecule has 186 valence electrons. The number of rotatable bonds is 5. The van der Waals surface area contributed by atoms with Crippen molar-refractivity contribution in [3.05, 3.63) is 64.3 Å². The Balaban J connectivity index is 2.11. The monoisotopic (exact) mass is 488 g/mol. The Kier molecular flexibility index (Phi) is 7.07. The fraction of sp³-hybridized carbons (Fsp3) is 0.320. The zero-order chi connectivity index (χ0) is 26.2. The average Bonchev–Trinajstić information content (AvgIpc) is 3.05. The number of benzene rings is 2. The summed E-state index contributed by atoms with van der Waals surface area (Å²) in [4.78, 5) is 40.6. The summed E-state index contributed by atoms with van der Waals surface area (Å²) < 4.78 is 40.5. The lowest BCUT2D eigenvalue weighted by Crippen LogP contribution is -2.37. The van der Waals surface area contributed by atoms with E-state index in [-0.39, 0.29) is 41.3 Å². The number of halogens is 3. The van der Waals surface area contributed by atoms with Crippen LogP contribution in [0.4, 0.5) is 24.5 Å². The van der Waals surface area contributed by atoms with Crippen LogP contribution in [0.1, 0.15) is 42.0 Å². The van der Waals surface area contributed by atoms with Crippen LogP contribution in [0.2, 0.25) is 0 Å². The maximum Gasteiger partial charge on any atom is 0.416 e. The number of anilines is 2. The van der Waals surface area contributed by atoms with Gasteiger partial charge in [0, 0.05) is 43.9 Å². The molecule has 0 saturated carbocycles. The summed E-state index contributed by atoms with van der Waals surface area (Å²) in [5, 5.41) is 0.780. The second-order valence-corrected chi connectivity index (χ2v) is 8.73. The summed E-state index contributed by atoms with van der Waals surface area (Å²) in [6, 6.07) is 8.31. The number of alkyl halides is 3. The van der Waals surface area contributed by atoms with Gasteiger partial charge in [0.1, 0.15) is 0 Å². The van der Waals surface area contributed by atoms with Gasteiger partial charge in [-0.2, -0.15) is 13.2 Å². The Labute approximate surface area is 201 Å². The van der Waals surface area contributed by atoms with Gasteiger partial charge in [-0.25, -0.2) is 5.84 Å². The van der Waals surface area contributed by atoms with Crippen molar-refractivity contribution in [3.63, 3.8) is 0 Å². The smallest absolute Gasteiger partial charge is 0.349 e.